The Labute approximate surface area is 192 Å². The van der Waals surface area contributed by atoms with Gasteiger partial charge in [0.05, 0.1) is 5.75 Å². The maximum Gasteiger partial charge on any atom is 0.148 e. The van der Waals surface area contributed by atoms with Gasteiger partial charge in [-0.1, -0.05) is 70.2 Å². The van der Waals surface area contributed by atoms with Gasteiger partial charge in [0.1, 0.15) is 19.7 Å². The van der Waals surface area contributed by atoms with E-state index in [0.717, 1.165) is 19.4 Å². The smallest absolute Gasteiger partial charge is 0.148 e. The fourth-order valence-corrected chi connectivity index (χ4v) is 1.75. The average molecular weight is 500 g/mol. The van der Waals surface area contributed by atoms with Crippen LogP contribution in [0.1, 0.15) is 83.1 Å². The third kappa shape index (κ3) is 157. The minimum Gasteiger partial charge on any atom is -0.330 e. The van der Waals surface area contributed by atoms with Crippen molar-refractivity contribution >= 4 is 44.5 Å². The number of hydrogen-bond donors (Lipinski definition) is 2. The molecule has 0 unspecified atom stereocenters. The van der Waals surface area contributed by atoms with Crippen LogP contribution in [0.25, 0.3) is 0 Å². The van der Waals surface area contributed by atoms with Crippen LogP contribution in [0.3, 0.4) is 0 Å². The molecule has 0 fully saturated rings. The molecule has 0 radical (unpaired) electrons. The van der Waals surface area contributed by atoms with Gasteiger partial charge in [0.25, 0.3) is 0 Å². The molecule has 0 aromatic carbocycles. The van der Waals surface area contributed by atoms with Crippen molar-refractivity contribution in [2.24, 2.45) is 11.5 Å². The lowest BCUT2D eigenvalue weighted by Crippen LogP contribution is -2.13. The maximum atomic E-state index is 10.2. The Balaban J connectivity index is -0.0000000185. The topological polar surface area (TPSA) is 120 Å². The van der Waals surface area contributed by atoms with Crippen molar-refractivity contribution in [3.8, 4) is 0 Å². The number of hydrogen-bond acceptors (Lipinski definition) is 6. The summed E-state index contributed by atoms with van der Waals surface area (Å²) in [6.07, 6.45) is 6.87. The van der Waals surface area contributed by atoms with Crippen LogP contribution in [0, 0.1) is 0 Å². The third-order valence-corrected chi connectivity index (χ3v) is 3.98. The Kier molecular flexibility index (Phi) is 103. The van der Waals surface area contributed by atoms with Crippen LogP contribution in [-0.4, -0.2) is 53.9 Å². The summed E-state index contributed by atoms with van der Waals surface area (Å²) in [6.45, 7) is 9.31. The molecule has 0 aliphatic carbocycles. The average Bonchev–Trinajstić information content (AvgIpc) is 2.37. The van der Waals surface area contributed by atoms with Crippen LogP contribution in [0.4, 0.5) is 0 Å². The monoisotopic (exact) mass is 498 g/mol. The van der Waals surface area contributed by atoms with Gasteiger partial charge in [-0.25, -0.2) is 16.8 Å². The summed E-state index contributed by atoms with van der Waals surface area (Å²) in [5.74, 6) is 0.403. The van der Waals surface area contributed by atoms with E-state index in [4.69, 9.17) is 11.5 Å². The first-order chi connectivity index (χ1) is 9.95. The lowest BCUT2D eigenvalue weighted by atomic mass is 10.4. The number of sulfone groups is 2. The second-order valence-electron chi connectivity index (χ2n) is 4.84. The molecule has 4 N–H and O–H groups in total. The van der Waals surface area contributed by atoms with Crippen molar-refractivity contribution < 1.29 is 16.8 Å². The van der Waals surface area contributed by atoms with E-state index in [1.54, 1.807) is 0 Å². The summed E-state index contributed by atoms with van der Waals surface area (Å²) in [7, 11) is -5.47. The number of unbranched alkanes of at least 4 members (excludes halogenated alkanes) is 1. The van der Waals surface area contributed by atoms with Gasteiger partial charge in [-0.05, 0) is 19.4 Å². The molecule has 0 atom stereocenters. The van der Waals surface area contributed by atoms with Crippen molar-refractivity contribution in [1.82, 2.24) is 0 Å². The SMILES string of the molecule is C.C.C.C.CCCC.CCCN.CCCS(C)(=O)=O.CS(=O)(=O)CCN.Cl.Cl. The maximum absolute atomic E-state index is 10.2. The second kappa shape index (κ2) is 45.9. The van der Waals surface area contributed by atoms with Gasteiger partial charge in [0.15, 0.2) is 0 Å². The number of rotatable bonds is 6. The van der Waals surface area contributed by atoms with E-state index in [0.29, 0.717) is 5.75 Å². The molecule has 0 aliphatic rings. The van der Waals surface area contributed by atoms with Gasteiger partial charge in [0, 0.05) is 24.8 Å². The summed E-state index contributed by atoms with van der Waals surface area (Å²) in [6, 6.07) is 0. The van der Waals surface area contributed by atoms with E-state index >= 15 is 0 Å². The van der Waals surface area contributed by atoms with E-state index in [2.05, 4.69) is 20.8 Å². The Morgan fingerprint density at radius 1 is 0.536 bits per heavy atom. The van der Waals surface area contributed by atoms with Crippen molar-refractivity contribution in [1.29, 1.82) is 0 Å². The molecule has 0 bridgehead atoms. The van der Waals surface area contributed by atoms with Crippen LogP contribution >= 0.6 is 24.8 Å². The quantitative estimate of drug-likeness (QED) is 0.532. The van der Waals surface area contributed by atoms with Crippen LogP contribution in [0.15, 0.2) is 0 Å². The van der Waals surface area contributed by atoms with Crippen molar-refractivity contribution in [3.05, 3.63) is 0 Å². The van der Waals surface area contributed by atoms with Crippen LogP contribution in [-0.2, 0) is 19.7 Å². The normalized spacial score (nSPS) is 8.00. The molecule has 28 heavy (non-hydrogen) atoms. The Bertz CT molecular complexity index is 350. The first-order valence-corrected chi connectivity index (χ1v) is 11.8. The Morgan fingerprint density at radius 2 is 0.786 bits per heavy atom. The van der Waals surface area contributed by atoms with Crippen molar-refractivity contribution in [2.75, 3.05) is 37.1 Å². The molecular formula is C18H56Cl2N2O4S2. The minimum absolute atomic E-state index is 0. The van der Waals surface area contributed by atoms with Crippen LogP contribution < -0.4 is 11.5 Å². The molecule has 0 spiro atoms. The predicted molar refractivity (Wildman–Crippen MR) is 140 cm³/mol. The standard InChI is InChI=1S/C4H10O2S.C4H10.C3H9NO2S.C3H9N.4CH4.2ClH/c1-3-4-7(2,5)6;1-3-4-2;1-7(5,6)3-2-4;1-2-3-4;;;;;;/h3-4H2,1-2H3;3-4H2,1-2H3;2-4H2,1H3;2-4H2,1H3;4*1H4;2*1H. The molecule has 0 aromatic rings. The van der Waals surface area contributed by atoms with Gasteiger partial charge < -0.3 is 11.5 Å². The number of halogens is 2. The molecular weight excluding hydrogens is 443 g/mol. The Morgan fingerprint density at radius 3 is 0.786 bits per heavy atom. The second-order valence-corrected chi connectivity index (χ2v) is 9.36. The molecule has 0 aliphatic heterocycles. The third-order valence-electron chi connectivity index (χ3n) is 1.85. The summed E-state index contributed by atoms with van der Waals surface area (Å²) in [5, 5.41) is 0. The number of nitrogens with two attached hydrogens (primary N) is 2. The largest absolute Gasteiger partial charge is 0.330 e. The van der Waals surface area contributed by atoms with Crippen molar-refractivity contribution in [3.63, 3.8) is 0 Å². The lowest BCUT2D eigenvalue weighted by molar-refractivity contribution is 0.599. The summed E-state index contributed by atoms with van der Waals surface area (Å²) < 4.78 is 40.8. The minimum atomic E-state index is -2.80. The molecule has 0 saturated heterocycles. The molecule has 188 valence electrons. The highest BCUT2D eigenvalue weighted by molar-refractivity contribution is 7.90. The van der Waals surface area contributed by atoms with Crippen LogP contribution in [0.2, 0.25) is 0 Å². The fourth-order valence-electron chi connectivity index (χ4n) is 0.585. The zero-order valence-electron chi connectivity index (χ0n) is 16.1. The highest BCUT2D eigenvalue weighted by atomic mass is 35.5. The predicted octanol–water partition coefficient (Wildman–Crippen LogP) is 4.98. The van der Waals surface area contributed by atoms with E-state index < -0.39 is 19.7 Å². The van der Waals surface area contributed by atoms with E-state index in [1.165, 1.54) is 25.4 Å². The highest BCUT2D eigenvalue weighted by Crippen LogP contribution is 1.84. The molecule has 0 saturated carbocycles. The van der Waals surface area contributed by atoms with E-state index in [-0.39, 0.29) is 66.8 Å². The fraction of sp³-hybridized carbons (Fsp3) is 1.00. The molecule has 0 heterocycles. The van der Waals surface area contributed by atoms with E-state index in [1.807, 2.05) is 6.92 Å². The molecule has 0 aromatic heterocycles. The summed E-state index contributed by atoms with van der Waals surface area (Å²) in [5.41, 5.74) is 9.96. The van der Waals surface area contributed by atoms with Gasteiger partial charge >= 0.3 is 0 Å². The zero-order valence-corrected chi connectivity index (χ0v) is 19.3. The lowest BCUT2D eigenvalue weighted by Gasteiger charge is -1.87. The molecule has 0 amide bonds. The van der Waals surface area contributed by atoms with E-state index in [9.17, 15) is 16.8 Å². The van der Waals surface area contributed by atoms with Gasteiger partial charge in [-0.15, -0.1) is 24.8 Å². The summed E-state index contributed by atoms with van der Waals surface area (Å²) in [4.78, 5) is 0. The highest BCUT2D eigenvalue weighted by Gasteiger charge is 1.96. The summed E-state index contributed by atoms with van der Waals surface area (Å²) >= 11 is 0. The zero-order chi connectivity index (χ0) is 18.7. The van der Waals surface area contributed by atoms with Crippen LogP contribution in [0.5, 0.6) is 0 Å². The van der Waals surface area contributed by atoms with Gasteiger partial charge in [-0.3, -0.25) is 0 Å². The first-order valence-electron chi connectivity index (χ1n) is 7.71. The van der Waals surface area contributed by atoms with Gasteiger partial charge in [-0.2, -0.15) is 0 Å². The first kappa shape index (κ1) is 63.0. The molecule has 10 heteroatoms. The Hall–Kier alpha value is 0.400. The van der Waals surface area contributed by atoms with Gasteiger partial charge in [0.2, 0.25) is 0 Å². The van der Waals surface area contributed by atoms with Crippen molar-refractivity contribution in [2.45, 2.75) is 83.1 Å². The molecule has 0 rings (SSSR count). The molecule has 6 nitrogen and oxygen atoms in total.